The average Bonchev–Trinajstić information content (AvgIpc) is 3.43. The maximum absolute atomic E-state index is 13.6. The Morgan fingerprint density at radius 1 is 0.750 bits per heavy atom. The van der Waals surface area contributed by atoms with Crippen molar-refractivity contribution in [2.75, 3.05) is 12.9 Å². The molecule has 0 fully saturated rings. The summed E-state index contributed by atoms with van der Waals surface area (Å²) in [6.07, 6.45) is 0. The molecule has 202 valence electrons. The molecule has 0 atom stereocenters. The Labute approximate surface area is 238 Å². The number of benzene rings is 4. The van der Waals surface area contributed by atoms with E-state index in [0.29, 0.717) is 29.8 Å². The largest absolute Gasteiger partial charge is 0.497 e. The molecule has 0 N–H and O–H groups in total. The molecule has 4 aromatic carbocycles. The summed E-state index contributed by atoms with van der Waals surface area (Å²) in [7, 11) is 1.63. The van der Waals surface area contributed by atoms with Gasteiger partial charge in [-0.05, 0) is 47.5 Å². The highest BCUT2D eigenvalue weighted by atomic mass is 32.2. The zero-order chi connectivity index (χ0) is 27.6. The van der Waals surface area contributed by atoms with Gasteiger partial charge in [0.2, 0.25) is 5.91 Å². The van der Waals surface area contributed by atoms with Crippen LogP contribution in [0.5, 0.6) is 11.5 Å². The van der Waals surface area contributed by atoms with Crippen LogP contribution in [-0.2, 0) is 24.5 Å². The van der Waals surface area contributed by atoms with Gasteiger partial charge in [-0.15, -0.1) is 10.2 Å². The molecule has 0 aliphatic heterocycles. The molecule has 5 aromatic rings. The van der Waals surface area contributed by atoms with E-state index in [2.05, 4.69) is 10.2 Å². The van der Waals surface area contributed by atoms with Crippen molar-refractivity contribution in [2.24, 2.45) is 0 Å². The summed E-state index contributed by atoms with van der Waals surface area (Å²) in [4.78, 5) is 15.4. The number of carbonyl (C=O) groups excluding carboxylic acids is 1. The van der Waals surface area contributed by atoms with Crippen LogP contribution in [0, 0.1) is 0 Å². The number of carbonyl (C=O) groups is 1. The standard InChI is InChI=1S/C32H30N4O3S/c1-38-28-17-19-29(20-18-28)39-23-30-33-34-32(36(30)27-15-9-4-10-16-27)40-24-31(37)35(21-25-11-5-2-6-12-25)22-26-13-7-3-8-14-26/h2-20H,21-24H2,1H3. The highest BCUT2D eigenvalue weighted by molar-refractivity contribution is 7.99. The van der Waals surface area contributed by atoms with Crippen LogP contribution in [-0.4, -0.2) is 38.4 Å². The van der Waals surface area contributed by atoms with Gasteiger partial charge in [0.1, 0.15) is 18.1 Å². The third-order valence-electron chi connectivity index (χ3n) is 6.25. The van der Waals surface area contributed by atoms with Crippen LogP contribution in [0.3, 0.4) is 0 Å². The first-order valence-corrected chi connectivity index (χ1v) is 13.9. The van der Waals surface area contributed by atoms with Gasteiger partial charge in [-0.25, -0.2) is 0 Å². The van der Waals surface area contributed by atoms with E-state index >= 15 is 0 Å². The molecule has 0 unspecified atom stereocenters. The van der Waals surface area contributed by atoms with E-state index in [1.54, 1.807) is 7.11 Å². The maximum atomic E-state index is 13.6. The summed E-state index contributed by atoms with van der Waals surface area (Å²) in [5.74, 6) is 2.35. The van der Waals surface area contributed by atoms with Gasteiger partial charge < -0.3 is 14.4 Å². The smallest absolute Gasteiger partial charge is 0.233 e. The van der Waals surface area contributed by atoms with Gasteiger partial charge in [0, 0.05) is 18.8 Å². The molecular weight excluding hydrogens is 520 g/mol. The second-order valence-electron chi connectivity index (χ2n) is 9.04. The Balaban J connectivity index is 1.33. The second kappa shape index (κ2) is 13.5. The molecular formula is C32H30N4O3S. The van der Waals surface area contributed by atoms with Crippen molar-refractivity contribution in [2.45, 2.75) is 24.9 Å². The van der Waals surface area contributed by atoms with E-state index in [4.69, 9.17) is 9.47 Å². The van der Waals surface area contributed by atoms with Crippen molar-refractivity contribution in [1.29, 1.82) is 0 Å². The van der Waals surface area contributed by atoms with Crippen LogP contribution < -0.4 is 9.47 Å². The molecule has 40 heavy (non-hydrogen) atoms. The van der Waals surface area contributed by atoms with Crippen molar-refractivity contribution >= 4 is 17.7 Å². The summed E-state index contributed by atoms with van der Waals surface area (Å²) in [6, 6.07) is 37.4. The first-order valence-electron chi connectivity index (χ1n) is 12.9. The lowest BCUT2D eigenvalue weighted by Gasteiger charge is -2.23. The predicted octanol–water partition coefficient (Wildman–Crippen LogP) is 6.18. The van der Waals surface area contributed by atoms with E-state index in [9.17, 15) is 4.79 Å². The molecule has 1 aromatic heterocycles. The molecule has 1 heterocycles. The van der Waals surface area contributed by atoms with Crippen molar-refractivity contribution in [3.8, 4) is 17.2 Å². The minimum atomic E-state index is 0.0244. The summed E-state index contributed by atoms with van der Waals surface area (Å²) in [5.41, 5.74) is 3.07. The molecule has 0 saturated carbocycles. The molecule has 0 aliphatic carbocycles. The Morgan fingerprint density at radius 2 is 1.30 bits per heavy atom. The fourth-order valence-electron chi connectivity index (χ4n) is 4.20. The average molecular weight is 551 g/mol. The lowest BCUT2D eigenvalue weighted by atomic mass is 10.1. The first kappa shape index (κ1) is 27.0. The minimum Gasteiger partial charge on any atom is -0.497 e. The quantitative estimate of drug-likeness (QED) is 0.173. The highest BCUT2D eigenvalue weighted by Crippen LogP contribution is 2.25. The van der Waals surface area contributed by atoms with Crippen molar-refractivity contribution < 1.29 is 14.3 Å². The normalized spacial score (nSPS) is 10.7. The number of amides is 1. The summed E-state index contributed by atoms with van der Waals surface area (Å²) >= 11 is 1.37. The molecule has 0 saturated heterocycles. The van der Waals surface area contributed by atoms with Gasteiger partial charge in [0.25, 0.3) is 0 Å². The topological polar surface area (TPSA) is 69.5 Å². The number of methoxy groups -OCH3 is 1. The van der Waals surface area contributed by atoms with Gasteiger partial charge >= 0.3 is 0 Å². The zero-order valence-electron chi connectivity index (χ0n) is 22.2. The molecule has 0 bridgehead atoms. The number of ether oxygens (including phenoxy) is 2. The van der Waals surface area contributed by atoms with Crippen LogP contribution in [0.1, 0.15) is 17.0 Å². The van der Waals surface area contributed by atoms with E-state index in [1.807, 2.05) is 125 Å². The summed E-state index contributed by atoms with van der Waals surface area (Å²) in [5, 5.41) is 9.49. The van der Waals surface area contributed by atoms with Gasteiger partial charge in [-0.1, -0.05) is 90.6 Å². The third kappa shape index (κ3) is 7.09. The summed E-state index contributed by atoms with van der Waals surface area (Å²) < 4.78 is 13.2. The molecule has 0 spiro atoms. The number of para-hydroxylation sites is 1. The van der Waals surface area contributed by atoms with Crippen LogP contribution >= 0.6 is 11.8 Å². The lowest BCUT2D eigenvalue weighted by Crippen LogP contribution is -2.31. The Bertz CT molecular complexity index is 1450. The van der Waals surface area contributed by atoms with Gasteiger partial charge in [0.05, 0.1) is 12.9 Å². The van der Waals surface area contributed by atoms with Gasteiger partial charge in [-0.3, -0.25) is 9.36 Å². The second-order valence-corrected chi connectivity index (χ2v) is 9.99. The molecule has 8 heteroatoms. The molecule has 0 aliphatic rings. The lowest BCUT2D eigenvalue weighted by molar-refractivity contribution is -0.129. The Hall–Kier alpha value is -4.56. The number of hydrogen-bond donors (Lipinski definition) is 0. The fourth-order valence-corrected chi connectivity index (χ4v) is 5.07. The van der Waals surface area contributed by atoms with Gasteiger partial charge in [0.15, 0.2) is 11.0 Å². The number of hydrogen-bond acceptors (Lipinski definition) is 6. The monoisotopic (exact) mass is 550 g/mol. The van der Waals surface area contributed by atoms with Crippen molar-refractivity contribution in [3.63, 3.8) is 0 Å². The maximum Gasteiger partial charge on any atom is 0.233 e. The van der Waals surface area contributed by atoms with Crippen molar-refractivity contribution in [3.05, 3.63) is 132 Å². The molecule has 5 rings (SSSR count). The number of aromatic nitrogens is 3. The minimum absolute atomic E-state index is 0.0244. The van der Waals surface area contributed by atoms with Crippen LogP contribution in [0.25, 0.3) is 5.69 Å². The Kier molecular flexibility index (Phi) is 9.11. The SMILES string of the molecule is COc1ccc(OCc2nnc(SCC(=O)N(Cc3ccccc3)Cc3ccccc3)n2-c2ccccc2)cc1. The predicted molar refractivity (Wildman–Crippen MR) is 157 cm³/mol. The summed E-state index contributed by atoms with van der Waals surface area (Å²) in [6.45, 7) is 1.28. The fraction of sp³-hybridized carbons (Fsp3) is 0.156. The molecule has 0 radical (unpaired) electrons. The van der Waals surface area contributed by atoms with Crippen LogP contribution in [0.15, 0.2) is 120 Å². The van der Waals surface area contributed by atoms with Gasteiger partial charge in [-0.2, -0.15) is 0 Å². The number of thioether (sulfide) groups is 1. The highest BCUT2D eigenvalue weighted by Gasteiger charge is 2.20. The van der Waals surface area contributed by atoms with E-state index in [1.165, 1.54) is 11.8 Å². The number of rotatable bonds is 12. The third-order valence-corrected chi connectivity index (χ3v) is 7.17. The van der Waals surface area contributed by atoms with E-state index < -0.39 is 0 Å². The first-order chi connectivity index (χ1) is 19.7. The molecule has 7 nitrogen and oxygen atoms in total. The van der Waals surface area contributed by atoms with E-state index in [-0.39, 0.29) is 18.3 Å². The Morgan fingerprint density at radius 3 is 1.88 bits per heavy atom. The molecule has 1 amide bonds. The van der Waals surface area contributed by atoms with Crippen LogP contribution in [0.4, 0.5) is 0 Å². The van der Waals surface area contributed by atoms with Crippen molar-refractivity contribution in [1.82, 2.24) is 19.7 Å². The van der Waals surface area contributed by atoms with Crippen LogP contribution in [0.2, 0.25) is 0 Å². The number of nitrogens with zero attached hydrogens (tertiary/aromatic N) is 4. The van der Waals surface area contributed by atoms with E-state index in [0.717, 1.165) is 22.6 Å². The zero-order valence-corrected chi connectivity index (χ0v) is 23.0.